The predicted molar refractivity (Wildman–Crippen MR) is 77.1 cm³/mol. The zero-order valence-corrected chi connectivity index (χ0v) is 12.2. The van der Waals surface area contributed by atoms with Crippen molar-refractivity contribution in [2.45, 2.75) is 46.1 Å². The van der Waals surface area contributed by atoms with Gasteiger partial charge in [0.15, 0.2) is 0 Å². The van der Waals surface area contributed by atoms with Crippen LogP contribution in [0.5, 0.6) is 0 Å². The van der Waals surface area contributed by atoms with E-state index in [-0.39, 0.29) is 17.2 Å². The fourth-order valence-corrected chi connectivity index (χ4v) is 1.67. The van der Waals surface area contributed by atoms with Crippen LogP contribution in [0.4, 0.5) is 5.69 Å². The summed E-state index contributed by atoms with van der Waals surface area (Å²) in [6.45, 7) is 9.46. The second-order valence-corrected chi connectivity index (χ2v) is 5.74. The SMILES string of the molecule is CC(=O)N[C@@H](C)C(=O)Nc1ccc(C(C)(C)C)cc1. The molecule has 0 bridgehead atoms. The maximum atomic E-state index is 11.8. The van der Waals surface area contributed by atoms with E-state index in [1.165, 1.54) is 12.5 Å². The van der Waals surface area contributed by atoms with Gasteiger partial charge in [0.25, 0.3) is 0 Å². The molecular formula is C15H22N2O2. The molecule has 104 valence electrons. The summed E-state index contributed by atoms with van der Waals surface area (Å²) in [4.78, 5) is 22.7. The maximum Gasteiger partial charge on any atom is 0.246 e. The van der Waals surface area contributed by atoms with Crippen molar-refractivity contribution in [1.82, 2.24) is 5.32 Å². The van der Waals surface area contributed by atoms with Gasteiger partial charge in [-0.1, -0.05) is 32.9 Å². The Morgan fingerprint density at radius 2 is 1.63 bits per heavy atom. The van der Waals surface area contributed by atoms with Gasteiger partial charge in [-0.2, -0.15) is 0 Å². The first-order valence-corrected chi connectivity index (χ1v) is 6.38. The molecule has 1 aromatic carbocycles. The van der Waals surface area contributed by atoms with E-state index in [4.69, 9.17) is 0 Å². The Morgan fingerprint density at radius 1 is 1.11 bits per heavy atom. The first-order valence-electron chi connectivity index (χ1n) is 6.38. The fraction of sp³-hybridized carbons (Fsp3) is 0.467. The van der Waals surface area contributed by atoms with E-state index >= 15 is 0 Å². The second-order valence-electron chi connectivity index (χ2n) is 5.74. The largest absolute Gasteiger partial charge is 0.345 e. The van der Waals surface area contributed by atoms with E-state index in [1.807, 2.05) is 24.3 Å². The average Bonchev–Trinajstić information content (AvgIpc) is 2.27. The fourth-order valence-electron chi connectivity index (χ4n) is 1.67. The predicted octanol–water partition coefficient (Wildman–Crippen LogP) is 2.45. The lowest BCUT2D eigenvalue weighted by atomic mass is 9.87. The van der Waals surface area contributed by atoms with Crippen LogP contribution < -0.4 is 10.6 Å². The second kappa shape index (κ2) is 5.87. The number of carbonyl (C=O) groups is 2. The van der Waals surface area contributed by atoms with Gasteiger partial charge in [-0.15, -0.1) is 0 Å². The van der Waals surface area contributed by atoms with Gasteiger partial charge < -0.3 is 10.6 Å². The molecule has 19 heavy (non-hydrogen) atoms. The van der Waals surface area contributed by atoms with Crippen molar-refractivity contribution in [3.8, 4) is 0 Å². The monoisotopic (exact) mass is 262 g/mol. The Hall–Kier alpha value is -1.84. The molecule has 1 aromatic rings. The van der Waals surface area contributed by atoms with Crippen molar-refractivity contribution in [2.75, 3.05) is 5.32 Å². The topological polar surface area (TPSA) is 58.2 Å². The molecule has 2 N–H and O–H groups in total. The number of hydrogen-bond acceptors (Lipinski definition) is 2. The highest BCUT2D eigenvalue weighted by molar-refractivity contribution is 5.96. The molecule has 0 unspecified atom stereocenters. The molecule has 0 fully saturated rings. The molecule has 1 atom stereocenters. The van der Waals surface area contributed by atoms with Gasteiger partial charge in [0.05, 0.1) is 0 Å². The highest BCUT2D eigenvalue weighted by Gasteiger charge is 2.15. The minimum atomic E-state index is -0.542. The van der Waals surface area contributed by atoms with Crippen LogP contribution in [-0.4, -0.2) is 17.9 Å². The number of hydrogen-bond donors (Lipinski definition) is 2. The smallest absolute Gasteiger partial charge is 0.246 e. The van der Waals surface area contributed by atoms with Crippen LogP contribution in [0, 0.1) is 0 Å². The van der Waals surface area contributed by atoms with Crippen molar-refractivity contribution >= 4 is 17.5 Å². The Labute approximate surface area is 114 Å². The molecule has 0 saturated heterocycles. The van der Waals surface area contributed by atoms with E-state index in [2.05, 4.69) is 31.4 Å². The summed E-state index contributed by atoms with van der Waals surface area (Å²) in [7, 11) is 0. The van der Waals surface area contributed by atoms with Crippen LogP contribution in [-0.2, 0) is 15.0 Å². The molecule has 0 aliphatic heterocycles. The van der Waals surface area contributed by atoms with Crippen molar-refractivity contribution < 1.29 is 9.59 Å². The van der Waals surface area contributed by atoms with Crippen LogP contribution in [0.1, 0.15) is 40.2 Å². The Bertz CT molecular complexity index is 458. The van der Waals surface area contributed by atoms with Crippen LogP contribution in [0.3, 0.4) is 0 Å². The number of amides is 2. The van der Waals surface area contributed by atoms with Crippen molar-refractivity contribution in [1.29, 1.82) is 0 Å². The zero-order valence-electron chi connectivity index (χ0n) is 12.2. The van der Waals surface area contributed by atoms with Gasteiger partial charge in [-0.05, 0) is 30.0 Å². The highest BCUT2D eigenvalue weighted by Crippen LogP contribution is 2.23. The van der Waals surface area contributed by atoms with Crippen LogP contribution in [0.15, 0.2) is 24.3 Å². The van der Waals surface area contributed by atoms with Crippen LogP contribution >= 0.6 is 0 Å². The standard InChI is InChI=1S/C15H22N2O2/c1-10(16-11(2)18)14(19)17-13-8-6-12(7-9-13)15(3,4)5/h6-10H,1-5H3,(H,16,18)(H,17,19)/t10-/m0/s1. The number of carbonyl (C=O) groups excluding carboxylic acids is 2. The van der Waals surface area contributed by atoms with Gasteiger partial charge in [0.1, 0.15) is 6.04 Å². The summed E-state index contributed by atoms with van der Waals surface area (Å²) >= 11 is 0. The van der Waals surface area contributed by atoms with Gasteiger partial charge in [0, 0.05) is 12.6 Å². The third kappa shape index (κ3) is 4.73. The molecule has 0 radical (unpaired) electrons. The lowest BCUT2D eigenvalue weighted by Gasteiger charge is -2.19. The first-order chi connectivity index (χ1) is 8.70. The molecule has 2 amide bonds. The lowest BCUT2D eigenvalue weighted by Crippen LogP contribution is -2.40. The average molecular weight is 262 g/mol. The molecule has 1 rings (SSSR count). The van der Waals surface area contributed by atoms with Gasteiger partial charge in [-0.3, -0.25) is 9.59 Å². The Kier molecular flexibility index (Phi) is 4.70. The lowest BCUT2D eigenvalue weighted by molar-refractivity contribution is -0.124. The number of anilines is 1. The summed E-state index contributed by atoms with van der Waals surface area (Å²) < 4.78 is 0. The molecule has 4 nitrogen and oxygen atoms in total. The molecule has 0 aliphatic carbocycles. The molecule has 4 heteroatoms. The maximum absolute atomic E-state index is 11.8. The minimum Gasteiger partial charge on any atom is -0.345 e. The number of benzene rings is 1. The summed E-state index contributed by atoms with van der Waals surface area (Å²) in [5.41, 5.74) is 2.03. The summed E-state index contributed by atoms with van der Waals surface area (Å²) in [5.74, 6) is -0.440. The summed E-state index contributed by atoms with van der Waals surface area (Å²) in [6.07, 6.45) is 0. The van der Waals surface area contributed by atoms with E-state index < -0.39 is 6.04 Å². The zero-order chi connectivity index (χ0) is 14.6. The summed E-state index contributed by atoms with van der Waals surface area (Å²) in [5, 5.41) is 5.32. The van der Waals surface area contributed by atoms with E-state index in [1.54, 1.807) is 6.92 Å². The van der Waals surface area contributed by atoms with Crippen molar-refractivity contribution in [3.63, 3.8) is 0 Å². The van der Waals surface area contributed by atoms with Crippen LogP contribution in [0.25, 0.3) is 0 Å². The number of rotatable bonds is 3. The van der Waals surface area contributed by atoms with Crippen molar-refractivity contribution in [2.24, 2.45) is 0 Å². The van der Waals surface area contributed by atoms with E-state index in [0.29, 0.717) is 0 Å². The minimum absolute atomic E-state index is 0.0893. The quantitative estimate of drug-likeness (QED) is 0.879. The number of nitrogens with one attached hydrogen (secondary N) is 2. The Balaban J connectivity index is 2.68. The summed E-state index contributed by atoms with van der Waals surface area (Å²) in [6, 6.07) is 7.20. The third-order valence-corrected chi connectivity index (χ3v) is 2.83. The Morgan fingerprint density at radius 3 is 2.05 bits per heavy atom. The van der Waals surface area contributed by atoms with E-state index in [9.17, 15) is 9.59 Å². The van der Waals surface area contributed by atoms with Crippen molar-refractivity contribution in [3.05, 3.63) is 29.8 Å². The third-order valence-electron chi connectivity index (χ3n) is 2.83. The molecule has 0 heterocycles. The molecular weight excluding hydrogens is 240 g/mol. The first kappa shape index (κ1) is 15.2. The van der Waals surface area contributed by atoms with Gasteiger partial charge in [0.2, 0.25) is 11.8 Å². The normalized spacial score (nSPS) is 12.7. The molecule has 0 aliphatic rings. The molecule has 0 aromatic heterocycles. The highest BCUT2D eigenvalue weighted by atomic mass is 16.2. The van der Waals surface area contributed by atoms with Gasteiger partial charge in [-0.25, -0.2) is 0 Å². The molecule has 0 spiro atoms. The molecule has 0 saturated carbocycles. The van der Waals surface area contributed by atoms with Crippen LogP contribution in [0.2, 0.25) is 0 Å². The van der Waals surface area contributed by atoms with E-state index in [0.717, 1.165) is 5.69 Å². The van der Waals surface area contributed by atoms with Gasteiger partial charge >= 0.3 is 0 Å².